The molecule has 4 heteroatoms. The Hall–Kier alpha value is -2.49. The number of benzene rings is 2. The lowest BCUT2D eigenvalue weighted by Crippen LogP contribution is -2.52. The van der Waals surface area contributed by atoms with Gasteiger partial charge in [0.25, 0.3) is 0 Å². The maximum atomic E-state index is 12.5. The van der Waals surface area contributed by atoms with E-state index in [1.165, 1.54) is 4.68 Å². The molecule has 0 bridgehead atoms. The van der Waals surface area contributed by atoms with Crippen molar-refractivity contribution in [2.24, 2.45) is 7.05 Å². The molecule has 1 aromatic heterocycles. The second-order valence-electron chi connectivity index (χ2n) is 5.04. The van der Waals surface area contributed by atoms with E-state index in [9.17, 15) is 4.79 Å². The van der Waals surface area contributed by atoms with Crippen LogP contribution >= 0.6 is 0 Å². The fraction of sp³-hybridized carbons (Fsp3) is 0.188. The third kappa shape index (κ3) is 1.90. The van der Waals surface area contributed by atoms with Gasteiger partial charge in [0, 0.05) is 0 Å². The van der Waals surface area contributed by atoms with E-state index in [2.05, 4.69) is 11.2 Å². The van der Waals surface area contributed by atoms with Gasteiger partial charge >= 0.3 is 5.69 Å². The van der Waals surface area contributed by atoms with Crippen LogP contribution in [0, 0.1) is 13.8 Å². The molecule has 0 saturated heterocycles. The first-order chi connectivity index (χ1) is 9.58. The van der Waals surface area contributed by atoms with E-state index in [1.807, 2.05) is 50.2 Å². The van der Waals surface area contributed by atoms with E-state index in [0.717, 1.165) is 27.8 Å². The standard InChI is InChI=1S/C16H16N3O/c1-11-9-12(2)15-14(10-11)17-19(16(20)18(15)3)13-7-5-4-6-8-13/h4-10H,1-3H3/q+1. The normalized spacial score (nSPS) is 10.9. The van der Waals surface area contributed by atoms with Crippen LogP contribution in [0.2, 0.25) is 0 Å². The van der Waals surface area contributed by atoms with Crippen LogP contribution in [0.25, 0.3) is 16.7 Å². The minimum atomic E-state index is -0.143. The Balaban J connectivity index is 2.42. The molecule has 0 aliphatic rings. The van der Waals surface area contributed by atoms with E-state index in [4.69, 9.17) is 0 Å². The molecule has 0 spiro atoms. The van der Waals surface area contributed by atoms with E-state index >= 15 is 0 Å². The van der Waals surface area contributed by atoms with Gasteiger partial charge in [-0.3, -0.25) is 0 Å². The molecule has 20 heavy (non-hydrogen) atoms. The van der Waals surface area contributed by atoms with Gasteiger partial charge in [-0.1, -0.05) is 34.0 Å². The third-order valence-electron chi connectivity index (χ3n) is 3.44. The average molecular weight is 266 g/mol. The van der Waals surface area contributed by atoms with Crippen molar-refractivity contribution in [1.29, 1.82) is 0 Å². The molecule has 1 heterocycles. The highest BCUT2D eigenvalue weighted by molar-refractivity contribution is 5.75. The number of hydrogen-bond acceptors (Lipinski definition) is 2. The van der Waals surface area contributed by atoms with Crippen LogP contribution in [0.15, 0.2) is 47.3 Å². The quantitative estimate of drug-likeness (QED) is 0.630. The van der Waals surface area contributed by atoms with Gasteiger partial charge in [0.1, 0.15) is 0 Å². The summed E-state index contributed by atoms with van der Waals surface area (Å²) in [6.45, 7) is 4.04. The van der Waals surface area contributed by atoms with E-state index < -0.39 is 0 Å². The topological polar surface area (TPSA) is 38.8 Å². The van der Waals surface area contributed by atoms with Crippen LogP contribution in [0.4, 0.5) is 0 Å². The van der Waals surface area contributed by atoms with Crippen molar-refractivity contribution < 1.29 is 4.57 Å². The first-order valence-electron chi connectivity index (χ1n) is 6.53. The van der Waals surface area contributed by atoms with Crippen molar-refractivity contribution in [2.75, 3.05) is 0 Å². The van der Waals surface area contributed by atoms with Gasteiger partial charge in [-0.25, -0.2) is 0 Å². The molecule has 3 rings (SSSR count). The third-order valence-corrected chi connectivity index (χ3v) is 3.44. The molecular weight excluding hydrogens is 250 g/mol. The second kappa shape index (κ2) is 4.56. The monoisotopic (exact) mass is 266 g/mol. The summed E-state index contributed by atoms with van der Waals surface area (Å²) in [5.41, 5.74) is 4.54. The Bertz CT molecular complexity index is 851. The van der Waals surface area contributed by atoms with Crippen LogP contribution in [-0.4, -0.2) is 9.78 Å². The highest BCUT2D eigenvalue weighted by Gasteiger charge is 2.18. The molecule has 2 aromatic carbocycles. The fourth-order valence-corrected chi connectivity index (χ4v) is 2.58. The maximum absolute atomic E-state index is 12.5. The summed E-state index contributed by atoms with van der Waals surface area (Å²) in [6.07, 6.45) is 0. The van der Waals surface area contributed by atoms with Crippen molar-refractivity contribution in [3.63, 3.8) is 0 Å². The predicted octanol–water partition coefficient (Wildman–Crippen LogP) is 1.83. The zero-order valence-electron chi connectivity index (χ0n) is 11.8. The molecule has 0 saturated carbocycles. The summed E-state index contributed by atoms with van der Waals surface area (Å²) in [6, 6.07) is 13.5. The van der Waals surface area contributed by atoms with Crippen LogP contribution in [0.3, 0.4) is 0 Å². The van der Waals surface area contributed by atoms with Gasteiger partial charge in [0.2, 0.25) is 0 Å². The zero-order valence-corrected chi connectivity index (χ0v) is 11.8. The number of fused-ring (bicyclic) bond motifs is 1. The van der Waals surface area contributed by atoms with Gasteiger partial charge in [0.05, 0.1) is 7.05 Å². The van der Waals surface area contributed by atoms with E-state index in [0.29, 0.717) is 0 Å². The van der Waals surface area contributed by atoms with E-state index in [-0.39, 0.29) is 5.69 Å². The summed E-state index contributed by atoms with van der Waals surface area (Å²) in [5, 5.41) is 4.51. The molecule has 0 atom stereocenters. The van der Waals surface area contributed by atoms with Gasteiger partial charge in [-0.2, -0.15) is 9.36 Å². The lowest BCUT2D eigenvalue weighted by Gasteiger charge is -2.05. The summed E-state index contributed by atoms with van der Waals surface area (Å²) >= 11 is 0. The molecule has 0 unspecified atom stereocenters. The number of nitrogens with zero attached hydrogens (tertiary/aromatic N) is 3. The summed E-state index contributed by atoms with van der Waals surface area (Å²) in [7, 11) is 1.79. The Kier molecular flexibility index (Phi) is 2.86. The first kappa shape index (κ1) is 12.5. The number of aromatic nitrogens is 3. The zero-order chi connectivity index (χ0) is 14.3. The van der Waals surface area contributed by atoms with Crippen molar-refractivity contribution in [3.05, 3.63) is 64.1 Å². The molecule has 0 amide bonds. The Morgan fingerprint density at radius 3 is 2.50 bits per heavy atom. The minimum Gasteiger partial charge on any atom is -0.194 e. The molecule has 0 aliphatic carbocycles. The number of hydrogen-bond donors (Lipinski definition) is 0. The lowest BCUT2D eigenvalue weighted by molar-refractivity contribution is -0.665. The van der Waals surface area contributed by atoms with Gasteiger partial charge < -0.3 is 0 Å². The average Bonchev–Trinajstić information content (AvgIpc) is 2.43. The fourth-order valence-electron chi connectivity index (χ4n) is 2.58. The largest absolute Gasteiger partial charge is 0.524 e. The van der Waals surface area contributed by atoms with Crippen molar-refractivity contribution in [3.8, 4) is 5.69 Å². The molecular formula is C16H16N3O+. The van der Waals surface area contributed by atoms with Gasteiger partial charge in [-0.15, -0.1) is 0 Å². The minimum absolute atomic E-state index is 0.143. The van der Waals surface area contributed by atoms with Gasteiger partial charge in [-0.05, 0) is 43.2 Å². The highest BCUT2D eigenvalue weighted by atomic mass is 16.2. The highest BCUT2D eigenvalue weighted by Crippen LogP contribution is 2.14. The maximum Gasteiger partial charge on any atom is 0.524 e. The molecule has 0 radical (unpaired) electrons. The van der Waals surface area contributed by atoms with Crippen molar-refractivity contribution in [2.45, 2.75) is 13.8 Å². The van der Waals surface area contributed by atoms with Crippen LogP contribution in [0.5, 0.6) is 0 Å². The van der Waals surface area contributed by atoms with Gasteiger partial charge in [0.15, 0.2) is 16.7 Å². The Labute approximate surface area is 116 Å². The molecule has 0 aliphatic heterocycles. The Morgan fingerprint density at radius 2 is 1.80 bits per heavy atom. The number of para-hydroxylation sites is 1. The van der Waals surface area contributed by atoms with Crippen molar-refractivity contribution in [1.82, 2.24) is 9.78 Å². The summed E-state index contributed by atoms with van der Waals surface area (Å²) in [4.78, 5) is 12.5. The SMILES string of the molecule is Cc1cc(C)c2c(c1)nn(-c1ccccc1)c(=O)[n+]2C. The van der Waals surface area contributed by atoms with Crippen molar-refractivity contribution >= 4 is 11.0 Å². The summed E-state index contributed by atoms with van der Waals surface area (Å²) < 4.78 is 3.10. The molecule has 100 valence electrons. The van der Waals surface area contributed by atoms with Crippen LogP contribution in [-0.2, 0) is 7.05 Å². The van der Waals surface area contributed by atoms with Crippen LogP contribution in [0.1, 0.15) is 11.1 Å². The second-order valence-corrected chi connectivity index (χ2v) is 5.04. The lowest BCUT2D eigenvalue weighted by atomic mass is 10.1. The first-order valence-corrected chi connectivity index (χ1v) is 6.53. The molecule has 4 nitrogen and oxygen atoms in total. The molecule has 3 aromatic rings. The smallest absolute Gasteiger partial charge is 0.194 e. The van der Waals surface area contributed by atoms with E-state index in [1.54, 1.807) is 11.6 Å². The van der Waals surface area contributed by atoms with Crippen LogP contribution < -0.4 is 10.3 Å². The predicted molar refractivity (Wildman–Crippen MR) is 78.0 cm³/mol. The molecule has 0 fully saturated rings. The molecule has 0 N–H and O–H groups in total. The number of rotatable bonds is 1. The number of aryl methyl sites for hydroxylation is 3. The summed E-state index contributed by atoms with van der Waals surface area (Å²) in [5.74, 6) is 0. The Morgan fingerprint density at radius 1 is 1.10 bits per heavy atom.